The summed E-state index contributed by atoms with van der Waals surface area (Å²) in [5.74, 6) is -0.684. The van der Waals surface area contributed by atoms with Gasteiger partial charge in [-0.05, 0) is 25.0 Å². The fourth-order valence-electron chi connectivity index (χ4n) is 2.15. The van der Waals surface area contributed by atoms with Gasteiger partial charge in [0.1, 0.15) is 11.7 Å². The molecule has 1 aliphatic heterocycles. The van der Waals surface area contributed by atoms with Crippen molar-refractivity contribution in [3.63, 3.8) is 0 Å². The smallest absolute Gasteiger partial charge is 0.327 e. The highest BCUT2D eigenvalue weighted by atomic mass is 16.6. The number of nitro groups is 1. The molecule has 0 saturated heterocycles. The molecule has 8 heteroatoms. The van der Waals surface area contributed by atoms with E-state index < -0.39 is 16.9 Å². The SMILES string of the molecule is COC(=O)C(C)Nc1cc2c(cc1[N+](=O)[O-])NC(=O)CC2. The van der Waals surface area contributed by atoms with Crippen LogP contribution in [0.1, 0.15) is 18.9 Å². The second-order valence-electron chi connectivity index (χ2n) is 4.72. The van der Waals surface area contributed by atoms with Crippen LogP contribution in [0.2, 0.25) is 0 Å². The number of anilines is 2. The van der Waals surface area contributed by atoms with Gasteiger partial charge in [-0.1, -0.05) is 0 Å². The first-order valence-electron chi connectivity index (χ1n) is 6.38. The average Bonchev–Trinajstić information content (AvgIpc) is 2.45. The molecule has 1 unspecified atom stereocenters. The highest BCUT2D eigenvalue weighted by molar-refractivity contribution is 5.95. The number of ether oxygens (including phenoxy) is 1. The van der Waals surface area contributed by atoms with E-state index in [1.165, 1.54) is 13.2 Å². The monoisotopic (exact) mass is 293 g/mol. The van der Waals surface area contributed by atoms with Crippen molar-refractivity contribution in [2.75, 3.05) is 17.7 Å². The van der Waals surface area contributed by atoms with Crippen LogP contribution >= 0.6 is 0 Å². The van der Waals surface area contributed by atoms with Gasteiger partial charge in [-0.25, -0.2) is 4.79 Å². The van der Waals surface area contributed by atoms with Crippen molar-refractivity contribution >= 4 is 28.9 Å². The number of fused-ring (bicyclic) bond motifs is 1. The fraction of sp³-hybridized carbons (Fsp3) is 0.385. The fourth-order valence-corrected chi connectivity index (χ4v) is 2.15. The summed E-state index contributed by atoms with van der Waals surface area (Å²) in [6.45, 7) is 1.55. The summed E-state index contributed by atoms with van der Waals surface area (Å²) in [7, 11) is 1.25. The van der Waals surface area contributed by atoms with Crippen LogP contribution in [0.4, 0.5) is 17.1 Å². The molecule has 1 heterocycles. The summed E-state index contributed by atoms with van der Waals surface area (Å²) >= 11 is 0. The van der Waals surface area contributed by atoms with Crippen LogP contribution in [0.15, 0.2) is 12.1 Å². The number of nitro benzene ring substituents is 1. The van der Waals surface area contributed by atoms with E-state index in [0.29, 0.717) is 18.5 Å². The second-order valence-corrected chi connectivity index (χ2v) is 4.72. The third-order valence-corrected chi connectivity index (χ3v) is 3.24. The summed E-state index contributed by atoms with van der Waals surface area (Å²) in [6, 6.07) is 2.18. The zero-order valence-electron chi connectivity index (χ0n) is 11.6. The largest absolute Gasteiger partial charge is 0.467 e. The molecule has 0 aromatic heterocycles. The molecule has 1 aromatic rings. The van der Waals surface area contributed by atoms with Gasteiger partial charge in [0.15, 0.2) is 0 Å². The van der Waals surface area contributed by atoms with Gasteiger partial charge in [0.2, 0.25) is 5.91 Å². The van der Waals surface area contributed by atoms with Crippen molar-refractivity contribution in [2.24, 2.45) is 0 Å². The third-order valence-electron chi connectivity index (χ3n) is 3.24. The molecular weight excluding hydrogens is 278 g/mol. The summed E-state index contributed by atoms with van der Waals surface area (Å²) in [5, 5.41) is 16.5. The normalized spacial score (nSPS) is 14.7. The molecule has 0 radical (unpaired) electrons. The number of hydrogen-bond acceptors (Lipinski definition) is 6. The molecule has 8 nitrogen and oxygen atoms in total. The Balaban J connectivity index is 2.38. The maximum Gasteiger partial charge on any atom is 0.327 e. The third kappa shape index (κ3) is 3.10. The molecule has 0 bridgehead atoms. The van der Waals surface area contributed by atoms with Gasteiger partial charge in [-0.15, -0.1) is 0 Å². The van der Waals surface area contributed by atoms with Gasteiger partial charge in [0.05, 0.1) is 17.7 Å². The van der Waals surface area contributed by atoms with Gasteiger partial charge in [0.25, 0.3) is 5.69 Å². The average molecular weight is 293 g/mol. The van der Waals surface area contributed by atoms with E-state index >= 15 is 0 Å². The zero-order chi connectivity index (χ0) is 15.6. The molecule has 1 aliphatic rings. The number of nitrogens with zero attached hydrogens (tertiary/aromatic N) is 1. The molecular formula is C13H15N3O5. The molecule has 21 heavy (non-hydrogen) atoms. The van der Waals surface area contributed by atoms with E-state index in [4.69, 9.17) is 0 Å². The molecule has 1 aromatic carbocycles. The van der Waals surface area contributed by atoms with Crippen molar-refractivity contribution in [3.05, 3.63) is 27.8 Å². The van der Waals surface area contributed by atoms with Crippen LogP contribution in [0.5, 0.6) is 0 Å². The Bertz CT molecular complexity index is 614. The van der Waals surface area contributed by atoms with Crippen LogP contribution in [-0.2, 0) is 20.7 Å². The Morgan fingerprint density at radius 1 is 1.48 bits per heavy atom. The van der Waals surface area contributed by atoms with Gasteiger partial charge in [0, 0.05) is 12.5 Å². The van der Waals surface area contributed by atoms with Crippen LogP contribution < -0.4 is 10.6 Å². The number of methoxy groups -OCH3 is 1. The second kappa shape index (κ2) is 5.78. The van der Waals surface area contributed by atoms with E-state index in [1.54, 1.807) is 13.0 Å². The standard InChI is InChI=1S/C13H15N3O5/c1-7(13(18)21-2)14-10-5-8-3-4-12(17)15-9(8)6-11(10)16(19)20/h5-7,14H,3-4H2,1-2H3,(H,15,17). The number of carbonyl (C=O) groups is 2. The van der Waals surface area contributed by atoms with Crippen molar-refractivity contribution < 1.29 is 19.2 Å². The lowest BCUT2D eigenvalue weighted by Crippen LogP contribution is -2.28. The van der Waals surface area contributed by atoms with E-state index in [9.17, 15) is 19.7 Å². The Kier molecular flexibility index (Phi) is 4.06. The minimum atomic E-state index is -0.718. The van der Waals surface area contributed by atoms with Crippen LogP contribution in [0.3, 0.4) is 0 Å². The number of aryl methyl sites for hydroxylation is 1. The maximum absolute atomic E-state index is 11.4. The molecule has 0 fully saturated rings. The minimum absolute atomic E-state index is 0.166. The molecule has 112 valence electrons. The highest BCUT2D eigenvalue weighted by Gasteiger charge is 2.24. The van der Waals surface area contributed by atoms with Crippen molar-refractivity contribution in [1.82, 2.24) is 0 Å². The van der Waals surface area contributed by atoms with Crippen LogP contribution in [0, 0.1) is 10.1 Å². The molecule has 0 saturated carbocycles. The van der Waals surface area contributed by atoms with E-state index in [-0.39, 0.29) is 17.3 Å². The van der Waals surface area contributed by atoms with Gasteiger partial charge >= 0.3 is 5.97 Å². The molecule has 1 atom stereocenters. The number of nitrogens with one attached hydrogen (secondary N) is 2. The Morgan fingerprint density at radius 2 is 2.19 bits per heavy atom. The Labute approximate surface area is 120 Å². The first-order valence-corrected chi connectivity index (χ1v) is 6.38. The number of rotatable bonds is 4. The van der Waals surface area contributed by atoms with Crippen LogP contribution in [-0.4, -0.2) is 30.0 Å². The van der Waals surface area contributed by atoms with Gasteiger partial charge < -0.3 is 15.4 Å². The lowest BCUT2D eigenvalue weighted by atomic mass is 10.0. The Hall–Kier alpha value is -2.64. The van der Waals surface area contributed by atoms with Crippen molar-refractivity contribution in [2.45, 2.75) is 25.8 Å². The molecule has 0 spiro atoms. The topological polar surface area (TPSA) is 111 Å². The number of esters is 1. The minimum Gasteiger partial charge on any atom is -0.467 e. The lowest BCUT2D eigenvalue weighted by Gasteiger charge is -2.19. The number of hydrogen-bond donors (Lipinski definition) is 2. The first-order chi connectivity index (χ1) is 9.92. The Morgan fingerprint density at radius 3 is 2.81 bits per heavy atom. The number of benzene rings is 1. The zero-order valence-corrected chi connectivity index (χ0v) is 11.6. The number of amides is 1. The van der Waals surface area contributed by atoms with Crippen LogP contribution in [0.25, 0.3) is 0 Å². The van der Waals surface area contributed by atoms with Crippen molar-refractivity contribution in [3.8, 4) is 0 Å². The quantitative estimate of drug-likeness (QED) is 0.494. The summed E-state index contributed by atoms with van der Waals surface area (Å²) in [5.41, 5.74) is 1.26. The predicted octanol–water partition coefficient (Wildman–Crippen LogP) is 1.45. The molecule has 1 amide bonds. The summed E-state index contributed by atoms with van der Waals surface area (Å²) < 4.78 is 4.58. The van der Waals surface area contributed by atoms with Gasteiger partial charge in [-0.2, -0.15) is 0 Å². The maximum atomic E-state index is 11.4. The lowest BCUT2D eigenvalue weighted by molar-refractivity contribution is -0.383. The molecule has 0 aliphatic carbocycles. The summed E-state index contributed by atoms with van der Waals surface area (Å²) in [4.78, 5) is 33.3. The van der Waals surface area contributed by atoms with Crippen molar-refractivity contribution in [1.29, 1.82) is 0 Å². The first kappa shape index (κ1) is 14.8. The van der Waals surface area contributed by atoms with Gasteiger partial charge in [-0.3, -0.25) is 14.9 Å². The van der Waals surface area contributed by atoms with E-state index in [1.807, 2.05) is 0 Å². The predicted molar refractivity (Wildman–Crippen MR) is 75.1 cm³/mol. The van der Waals surface area contributed by atoms with E-state index in [0.717, 1.165) is 5.56 Å². The van der Waals surface area contributed by atoms with E-state index in [2.05, 4.69) is 15.4 Å². The number of carbonyl (C=O) groups excluding carboxylic acids is 2. The summed E-state index contributed by atoms with van der Waals surface area (Å²) in [6.07, 6.45) is 0.831. The highest BCUT2D eigenvalue weighted by Crippen LogP contribution is 2.34. The molecule has 2 rings (SSSR count). The molecule has 2 N–H and O–H groups in total.